The Bertz CT molecular complexity index is 437. The minimum atomic E-state index is 0.347. The van der Waals surface area contributed by atoms with Crippen LogP contribution in [0.1, 0.15) is 16.8 Å². The molecule has 0 bridgehead atoms. The maximum atomic E-state index is 9.37. The van der Waals surface area contributed by atoms with Crippen molar-refractivity contribution in [1.82, 2.24) is 15.4 Å². The van der Waals surface area contributed by atoms with Gasteiger partial charge in [-0.3, -0.25) is 0 Å². The molecule has 0 saturated carbocycles. The second-order valence-corrected chi connectivity index (χ2v) is 3.58. The van der Waals surface area contributed by atoms with E-state index in [1.165, 1.54) is 5.56 Å². The number of aryl methyl sites for hydroxylation is 3. The van der Waals surface area contributed by atoms with Crippen molar-refractivity contribution in [1.29, 1.82) is 0 Å². The fourth-order valence-electron chi connectivity index (χ4n) is 1.49. The molecule has 4 nitrogen and oxygen atoms in total. The third kappa shape index (κ3) is 2.34. The summed E-state index contributed by atoms with van der Waals surface area (Å²) in [6.45, 7) is 1.90. The molecule has 0 atom stereocenters. The van der Waals surface area contributed by atoms with Gasteiger partial charge in [-0.05, 0) is 37.0 Å². The van der Waals surface area contributed by atoms with Crippen molar-refractivity contribution in [2.45, 2.75) is 19.8 Å². The van der Waals surface area contributed by atoms with Crippen LogP contribution in [0, 0.1) is 6.92 Å². The number of aromatic hydroxyl groups is 1. The Hall–Kier alpha value is -1.84. The highest BCUT2D eigenvalue weighted by Gasteiger charge is 2.00. The fraction of sp³-hybridized carbons (Fsp3) is 0.273. The normalized spacial score (nSPS) is 10.5. The second-order valence-electron chi connectivity index (χ2n) is 3.58. The second kappa shape index (κ2) is 4.13. The van der Waals surface area contributed by atoms with Gasteiger partial charge >= 0.3 is 0 Å². The van der Waals surface area contributed by atoms with Crippen molar-refractivity contribution in [2.24, 2.45) is 0 Å². The van der Waals surface area contributed by atoms with Crippen LogP contribution in [-0.4, -0.2) is 20.5 Å². The van der Waals surface area contributed by atoms with E-state index in [1.807, 2.05) is 19.1 Å². The standard InChI is InChI=1S/C11H13N3O/c1-8-6-9(3-5-11(8)15)2-4-10-7-12-14-13-10/h3,5-7,15H,2,4H2,1H3,(H,12,13,14). The van der Waals surface area contributed by atoms with Crippen LogP contribution >= 0.6 is 0 Å². The summed E-state index contributed by atoms with van der Waals surface area (Å²) in [6, 6.07) is 5.66. The molecular weight excluding hydrogens is 190 g/mol. The summed E-state index contributed by atoms with van der Waals surface area (Å²) in [5, 5.41) is 19.7. The lowest BCUT2D eigenvalue weighted by atomic mass is 10.1. The van der Waals surface area contributed by atoms with Gasteiger partial charge in [0.05, 0.1) is 11.9 Å². The van der Waals surface area contributed by atoms with E-state index in [4.69, 9.17) is 0 Å². The lowest BCUT2D eigenvalue weighted by Gasteiger charge is -2.02. The van der Waals surface area contributed by atoms with Crippen LogP contribution in [0.2, 0.25) is 0 Å². The predicted octanol–water partition coefficient (Wildman–Crippen LogP) is 1.60. The Morgan fingerprint density at radius 3 is 2.87 bits per heavy atom. The molecule has 0 radical (unpaired) electrons. The van der Waals surface area contributed by atoms with Crippen LogP contribution in [0.5, 0.6) is 5.75 Å². The molecular formula is C11H13N3O. The minimum Gasteiger partial charge on any atom is -0.508 e. The zero-order valence-corrected chi connectivity index (χ0v) is 8.57. The number of nitrogens with zero attached hydrogens (tertiary/aromatic N) is 2. The quantitative estimate of drug-likeness (QED) is 0.796. The highest BCUT2D eigenvalue weighted by Crippen LogP contribution is 2.17. The van der Waals surface area contributed by atoms with Crippen LogP contribution in [0.25, 0.3) is 0 Å². The van der Waals surface area contributed by atoms with Gasteiger partial charge < -0.3 is 5.11 Å². The summed E-state index contributed by atoms with van der Waals surface area (Å²) in [4.78, 5) is 0. The Kier molecular flexibility index (Phi) is 2.67. The van der Waals surface area contributed by atoms with Gasteiger partial charge in [-0.1, -0.05) is 12.1 Å². The van der Waals surface area contributed by atoms with Crippen molar-refractivity contribution in [3.05, 3.63) is 41.2 Å². The van der Waals surface area contributed by atoms with E-state index in [-0.39, 0.29) is 0 Å². The van der Waals surface area contributed by atoms with Crippen LogP contribution in [0.4, 0.5) is 0 Å². The number of H-pyrrole nitrogens is 1. The third-order valence-electron chi connectivity index (χ3n) is 2.40. The summed E-state index contributed by atoms with van der Waals surface area (Å²) in [7, 11) is 0. The first-order valence-corrected chi connectivity index (χ1v) is 4.89. The summed E-state index contributed by atoms with van der Waals surface area (Å²) < 4.78 is 0. The molecule has 0 aliphatic carbocycles. The van der Waals surface area contributed by atoms with Crippen molar-refractivity contribution in [2.75, 3.05) is 0 Å². The molecule has 15 heavy (non-hydrogen) atoms. The Balaban J connectivity index is 2.02. The number of aromatic amines is 1. The molecule has 0 unspecified atom stereocenters. The van der Waals surface area contributed by atoms with Gasteiger partial charge in [0.15, 0.2) is 0 Å². The van der Waals surface area contributed by atoms with E-state index < -0.39 is 0 Å². The molecule has 2 N–H and O–H groups in total. The average Bonchev–Trinajstić information content (AvgIpc) is 2.73. The third-order valence-corrected chi connectivity index (χ3v) is 2.40. The van der Waals surface area contributed by atoms with Crippen LogP contribution < -0.4 is 0 Å². The first kappa shape index (κ1) is 9.71. The number of benzene rings is 1. The Labute approximate surface area is 88.0 Å². The van der Waals surface area contributed by atoms with Gasteiger partial charge in [0.2, 0.25) is 0 Å². The molecule has 1 aromatic carbocycles. The van der Waals surface area contributed by atoms with Gasteiger partial charge in [0, 0.05) is 0 Å². The highest BCUT2D eigenvalue weighted by atomic mass is 16.3. The number of hydrogen-bond donors (Lipinski definition) is 2. The van der Waals surface area contributed by atoms with Crippen LogP contribution in [0.15, 0.2) is 24.4 Å². The van der Waals surface area contributed by atoms with Gasteiger partial charge in [0.25, 0.3) is 0 Å². The molecule has 0 fully saturated rings. The number of nitrogens with one attached hydrogen (secondary N) is 1. The largest absolute Gasteiger partial charge is 0.508 e. The topological polar surface area (TPSA) is 61.8 Å². The molecule has 2 aromatic rings. The molecule has 0 amide bonds. The molecule has 4 heteroatoms. The maximum absolute atomic E-state index is 9.37. The molecule has 1 heterocycles. The zero-order chi connectivity index (χ0) is 10.7. The molecule has 0 aliphatic rings. The van der Waals surface area contributed by atoms with Gasteiger partial charge in [-0.25, -0.2) is 0 Å². The fourth-order valence-corrected chi connectivity index (χ4v) is 1.49. The van der Waals surface area contributed by atoms with E-state index in [0.717, 1.165) is 24.1 Å². The molecule has 0 aliphatic heterocycles. The lowest BCUT2D eigenvalue weighted by Crippen LogP contribution is -1.92. The Morgan fingerprint density at radius 1 is 1.33 bits per heavy atom. The zero-order valence-electron chi connectivity index (χ0n) is 8.57. The van der Waals surface area contributed by atoms with Crippen molar-refractivity contribution in [3.63, 3.8) is 0 Å². The monoisotopic (exact) mass is 203 g/mol. The number of aromatic nitrogens is 3. The van der Waals surface area contributed by atoms with E-state index in [0.29, 0.717) is 5.75 Å². The lowest BCUT2D eigenvalue weighted by molar-refractivity contribution is 0.471. The maximum Gasteiger partial charge on any atom is 0.118 e. The van der Waals surface area contributed by atoms with Crippen molar-refractivity contribution >= 4 is 0 Å². The average molecular weight is 203 g/mol. The number of phenols is 1. The van der Waals surface area contributed by atoms with Crippen LogP contribution in [0.3, 0.4) is 0 Å². The smallest absolute Gasteiger partial charge is 0.118 e. The van der Waals surface area contributed by atoms with Gasteiger partial charge in [-0.15, -0.1) is 0 Å². The summed E-state index contributed by atoms with van der Waals surface area (Å²) in [6.07, 6.45) is 3.50. The predicted molar refractivity (Wildman–Crippen MR) is 56.6 cm³/mol. The van der Waals surface area contributed by atoms with E-state index >= 15 is 0 Å². The molecule has 78 valence electrons. The molecule has 2 rings (SSSR count). The molecule has 1 aromatic heterocycles. The van der Waals surface area contributed by atoms with Crippen molar-refractivity contribution in [3.8, 4) is 5.75 Å². The SMILES string of the molecule is Cc1cc(CCc2cn[nH]n2)ccc1O. The number of phenolic OH excluding ortho intramolecular Hbond substituents is 1. The number of hydrogen-bond acceptors (Lipinski definition) is 3. The molecule has 0 spiro atoms. The van der Waals surface area contributed by atoms with E-state index in [9.17, 15) is 5.11 Å². The van der Waals surface area contributed by atoms with Gasteiger partial charge in [0.1, 0.15) is 5.75 Å². The molecule has 0 saturated heterocycles. The van der Waals surface area contributed by atoms with E-state index in [1.54, 1.807) is 12.3 Å². The minimum absolute atomic E-state index is 0.347. The highest BCUT2D eigenvalue weighted by molar-refractivity contribution is 5.35. The summed E-state index contributed by atoms with van der Waals surface area (Å²) in [5.74, 6) is 0.347. The summed E-state index contributed by atoms with van der Waals surface area (Å²) >= 11 is 0. The first-order valence-electron chi connectivity index (χ1n) is 4.89. The number of rotatable bonds is 3. The first-order chi connectivity index (χ1) is 7.25. The van der Waals surface area contributed by atoms with Gasteiger partial charge in [-0.2, -0.15) is 15.4 Å². The van der Waals surface area contributed by atoms with Crippen molar-refractivity contribution < 1.29 is 5.11 Å². The Morgan fingerprint density at radius 2 is 2.20 bits per heavy atom. The summed E-state index contributed by atoms with van der Waals surface area (Å²) in [5.41, 5.74) is 3.07. The van der Waals surface area contributed by atoms with E-state index in [2.05, 4.69) is 15.4 Å². The van der Waals surface area contributed by atoms with Crippen LogP contribution in [-0.2, 0) is 12.8 Å².